The zero-order valence-corrected chi connectivity index (χ0v) is 10.9. The van der Waals surface area contributed by atoms with E-state index in [1.54, 1.807) is 29.1 Å². The van der Waals surface area contributed by atoms with E-state index in [0.717, 1.165) is 5.69 Å². The number of nitrogens with two attached hydrogens (primary N) is 1. The number of benzene rings is 1. The maximum Gasteiger partial charge on any atom is 0.255 e. The molecular formula is C13H16N4O2. The Bertz CT molecular complexity index is 592. The minimum absolute atomic E-state index is 0.231. The van der Waals surface area contributed by atoms with Crippen LogP contribution in [0.5, 0.6) is 5.75 Å². The van der Waals surface area contributed by atoms with Crippen molar-refractivity contribution in [1.82, 2.24) is 15.1 Å². The molecule has 1 heterocycles. The summed E-state index contributed by atoms with van der Waals surface area (Å²) in [6, 6.07) is 6.80. The normalized spacial score (nSPS) is 10.2. The number of nitrogens with zero attached hydrogens (tertiary/aromatic N) is 2. The lowest BCUT2D eigenvalue weighted by Crippen LogP contribution is -2.24. The molecule has 0 aliphatic rings. The number of amides is 1. The number of ether oxygens (including phenoxy) is 1. The molecule has 1 aromatic heterocycles. The van der Waals surface area contributed by atoms with Crippen LogP contribution < -0.4 is 15.8 Å². The Morgan fingerprint density at radius 3 is 2.89 bits per heavy atom. The predicted octanol–water partition coefficient (Wildman–Crippen LogP) is 0.941. The van der Waals surface area contributed by atoms with E-state index in [1.165, 1.54) is 7.11 Å². The Balaban J connectivity index is 2.12. The number of nitrogen functional groups attached to an aromatic ring is 1. The number of hydrogen-bond donors (Lipinski definition) is 2. The van der Waals surface area contributed by atoms with Crippen LogP contribution in [0, 0.1) is 0 Å². The van der Waals surface area contributed by atoms with Crippen LogP contribution in [-0.2, 0) is 13.6 Å². The highest BCUT2D eigenvalue weighted by atomic mass is 16.5. The lowest BCUT2D eigenvalue weighted by Gasteiger charge is -2.10. The SMILES string of the molecule is COc1ccc(N)cc1C(=O)NCc1ccnn1C. The van der Waals surface area contributed by atoms with Crippen molar-refractivity contribution in [3.63, 3.8) is 0 Å². The summed E-state index contributed by atoms with van der Waals surface area (Å²) < 4.78 is 6.85. The Kier molecular flexibility index (Phi) is 3.70. The first kappa shape index (κ1) is 12.9. The molecule has 6 heteroatoms. The van der Waals surface area contributed by atoms with Crippen molar-refractivity contribution in [2.24, 2.45) is 7.05 Å². The largest absolute Gasteiger partial charge is 0.496 e. The summed E-state index contributed by atoms with van der Waals surface area (Å²) in [7, 11) is 3.34. The van der Waals surface area contributed by atoms with E-state index in [0.29, 0.717) is 23.5 Å². The zero-order valence-electron chi connectivity index (χ0n) is 10.9. The molecule has 0 saturated carbocycles. The summed E-state index contributed by atoms with van der Waals surface area (Å²) in [6.07, 6.45) is 1.68. The van der Waals surface area contributed by atoms with Crippen molar-refractivity contribution in [3.8, 4) is 5.75 Å². The summed E-state index contributed by atoms with van der Waals surface area (Å²) >= 11 is 0. The number of rotatable bonds is 4. The lowest BCUT2D eigenvalue weighted by molar-refractivity contribution is 0.0947. The van der Waals surface area contributed by atoms with E-state index in [9.17, 15) is 4.79 Å². The van der Waals surface area contributed by atoms with Crippen LogP contribution in [0.15, 0.2) is 30.5 Å². The number of nitrogens with one attached hydrogen (secondary N) is 1. The maximum absolute atomic E-state index is 12.1. The van der Waals surface area contributed by atoms with Crippen molar-refractivity contribution in [1.29, 1.82) is 0 Å². The third-order valence-corrected chi connectivity index (χ3v) is 2.82. The highest BCUT2D eigenvalue weighted by Gasteiger charge is 2.12. The smallest absolute Gasteiger partial charge is 0.255 e. The first-order valence-corrected chi connectivity index (χ1v) is 5.80. The second-order valence-corrected chi connectivity index (χ2v) is 4.09. The molecule has 3 N–H and O–H groups in total. The van der Waals surface area contributed by atoms with Gasteiger partial charge in [-0.25, -0.2) is 0 Å². The highest BCUT2D eigenvalue weighted by Crippen LogP contribution is 2.20. The molecule has 0 saturated heterocycles. The summed E-state index contributed by atoms with van der Waals surface area (Å²) in [5.41, 5.74) is 7.54. The molecule has 100 valence electrons. The van der Waals surface area contributed by atoms with Crippen molar-refractivity contribution in [2.45, 2.75) is 6.54 Å². The summed E-state index contributed by atoms with van der Waals surface area (Å²) in [4.78, 5) is 12.1. The Labute approximate surface area is 111 Å². The van der Waals surface area contributed by atoms with Crippen LogP contribution in [0.4, 0.5) is 5.69 Å². The number of carbonyl (C=O) groups excluding carboxylic acids is 1. The van der Waals surface area contributed by atoms with Gasteiger partial charge < -0.3 is 15.8 Å². The lowest BCUT2D eigenvalue weighted by atomic mass is 10.1. The summed E-state index contributed by atoms with van der Waals surface area (Å²) in [5, 5.41) is 6.84. The van der Waals surface area contributed by atoms with Crippen LogP contribution in [0.25, 0.3) is 0 Å². The number of methoxy groups -OCH3 is 1. The van der Waals surface area contributed by atoms with Gasteiger partial charge in [-0.15, -0.1) is 0 Å². The molecule has 0 bridgehead atoms. The van der Waals surface area contributed by atoms with Crippen molar-refractivity contribution in [3.05, 3.63) is 41.7 Å². The fourth-order valence-corrected chi connectivity index (χ4v) is 1.74. The number of aromatic nitrogens is 2. The van der Waals surface area contributed by atoms with Gasteiger partial charge in [0.1, 0.15) is 5.75 Å². The Morgan fingerprint density at radius 1 is 1.47 bits per heavy atom. The topological polar surface area (TPSA) is 82.2 Å². The molecule has 1 amide bonds. The number of aryl methyl sites for hydroxylation is 1. The Hall–Kier alpha value is -2.50. The number of anilines is 1. The van der Waals surface area contributed by atoms with Gasteiger partial charge in [0.05, 0.1) is 24.9 Å². The highest BCUT2D eigenvalue weighted by molar-refractivity contribution is 5.97. The van der Waals surface area contributed by atoms with Crippen molar-refractivity contribution < 1.29 is 9.53 Å². The van der Waals surface area contributed by atoms with E-state index in [2.05, 4.69) is 10.4 Å². The quantitative estimate of drug-likeness (QED) is 0.801. The molecule has 0 unspecified atom stereocenters. The van der Waals surface area contributed by atoms with Crippen LogP contribution in [0.3, 0.4) is 0 Å². The molecule has 6 nitrogen and oxygen atoms in total. The minimum atomic E-state index is -0.231. The molecule has 0 aliphatic heterocycles. The van der Waals surface area contributed by atoms with Gasteiger partial charge in [-0.1, -0.05) is 0 Å². The van der Waals surface area contributed by atoms with Crippen LogP contribution in [0.2, 0.25) is 0 Å². The molecule has 2 aromatic rings. The first-order chi connectivity index (χ1) is 9.11. The second-order valence-electron chi connectivity index (χ2n) is 4.09. The molecule has 0 fully saturated rings. The third-order valence-electron chi connectivity index (χ3n) is 2.82. The fourth-order valence-electron chi connectivity index (χ4n) is 1.74. The average molecular weight is 260 g/mol. The van der Waals surface area contributed by atoms with Gasteiger partial charge in [-0.3, -0.25) is 9.48 Å². The van der Waals surface area contributed by atoms with Crippen molar-refractivity contribution >= 4 is 11.6 Å². The predicted molar refractivity (Wildman–Crippen MR) is 71.8 cm³/mol. The molecule has 0 aliphatic carbocycles. The molecule has 1 aromatic carbocycles. The van der Waals surface area contributed by atoms with Crippen LogP contribution in [0.1, 0.15) is 16.1 Å². The molecule has 0 atom stereocenters. The zero-order chi connectivity index (χ0) is 13.8. The van der Waals surface area contributed by atoms with Gasteiger partial charge in [0.25, 0.3) is 5.91 Å². The monoisotopic (exact) mass is 260 g/mol. The van der Waals surface area contributed by atoms with Gasteiger partial charge in [0.15, 0.2) is 0 Å². The fraction of sp³-hybridized carbons (Fsp3) is 0.231. The van der Waals surface area contributed by atoms with Crippen molar-refractivity contribution in [2.75, 3.05) is 12.8 Å². The summed E-state index contributed by atoms with van der Waals surface area (Å²) in [5.74, 6) is 0.266. The second kappa shape index (κ2) is 5.43. The number of hydrogen-bond acceptors (Lipinski definition) is 4. The molecular weight excluding hydrogens is 244 g/mol. The van der Waals surface area contributed by atoms with Gasteiger partial charge in [-0.2, -0.15) is 5.10 Å². The van der Waals surface area contributed by atoms with E-state index in [1.807, 2.05) is 13.1 Å². The Morgan fingerprint density at radius 2 is 2.26 bits per heavy atom. The number of carbonyl (C=O) groups is 1. The maximum atomic E-state index is 12.1. The molecule has 0 radical (unpaired) electrons. The van der Waals surface area contributed by atoms with E-state index < -0.39 is 0 Å². The van der Waals surface area contributed by atoms with Crippen LogP contribution >= 0.6 is 0 Å². The van der Waals surface area contributed by atoms with Gasteiger partial charge >= 0.3 is 0 Å². The third kappa shape index (κ3) is 2.85. The first-order valence-electron chi connectivity index (χ1n) is 5.80. The van der Waals surface area contributed by atoms with Gasteiger partial charge in [0.2, 0.25) is 0 Å². The van der Waals surface area contributed by atoms with Crippen LogP contribution in [-0.4, -0.2) is 22.8 Å². The van der Waals surface area contributed by atoms with E-state index in [-0.39, 0.29) is 5.91 Å². The molecule has 2 rings (SSSR count). The summed E-state index contributed by atoms with van der Waals surface area (Å²) in [6.45, 7) is 0.396. The van der Waals surface area contributed by atoms with Gasteiger partial charge in [-0.05, 0) is 24.3 Å². The van der Waals surface area contributed by atoms with E-state index in [4.69, 9.17) is 10.5 Å². The average Bonchev–Trinajstić information content (AvgIpc) is 2.81. The molecule has 0 spiro atoms. The van der Waals surface area contributed by atoms with E-state index >= 15 is 0 Å². The standard InChI is InChI=1S/C13H16N4O2/c1-17-10(5-6-16-17)8-15-13(18)11-7-9(14)3-4-12(11)19-2/h3-7H,8,14H2,1-2H3,(H,15,18). The van der Waals surface area contributed by atoms with Gasteiger partial charge in [0, 0.05) is 18.9 Å². The molecule has 19 heavy (non-hydrogen) atoms. The minimum Gasteiger partial charge on any atom is -0.496 e.